The topological polar surface area (TPSA) is 84.2 Å². The molecule has 1 fully saturated rings. The normalized spacial score (nSPS) is 13.8. The average molecular weight is 340 g/mol. The minimum Gasteiger partial charge on any atom is -0.398 e. The molecule has 1 aromatic rings. The monoisotopic (exact) mass is 339 g/mol. The van der Waals surface area contributed by atoms with Crippen molar-refractivity contribution in [1.82, 2.24) is 10.6 Å². The van der Waals surface area contributed by atoms with Gasteiger partial charge >= 0.3 is 0 Å². The Kier molecular flexibility index (Phi) is 5.00. The number of hydrogen-bond acceptors (Lipinski definition) is 3. The lowest BCUT2D eigenvalue weighted by Crippen LogP contribution is -2.28. The van der Waals surface area contributed by atoms with Crippen LogP contribution in [0.4, 0.5) is 5.69 Å². The maximum Gasteiger partial charge on any atom is 0.253 e. The Labute approximate surface area is 126 Å². The molecule has 1 aromatic carbocycles. The van der Waals surface area contributed by atoms with Gasteiger partial charge in [0.2, 0.25) is 5.91 Å². The Balaban J connectivity index is 1.70. The highest BCUT2D eigenvalue weighted by Crippen LogP contribution is 2.19. The molecule has 0 heterocycles. The van der Waals surface area contributed by atoms with Crippen LogP contribution in [0.3, 0.4) is 0 Å². The van der Waals surface area contributed by atoms with Gasteiger partial charge in [0.25, 0.3) is 5.91 Å². The van der Waals surface area contributed by atoms with Crippen LogP contribution in [0, 0.1) is 0 Å². The van der Waals surface area contributed by atoms with Crippen molar-refractivity contribution in [2.24, 2.45) is 0 Å². The quantitative estimate of drug-likeness (QED) is 0.546. The fourth-order valence-electron chi connectivity index (χ4n) is 1.81. The molecule has 20 heavy (non-hydrogen) atoms. The zero-order valence-corrected chi connectivity index (χ0v) is 12.7. The summed E-state index contributed by atoms with van der Waals surface area (Å²) in [6.45, 7) is 0.465. The van der Waals surface area contributed by atoms with Crippen LogP contribution >= 0.6 is 15.9 Å². The summed E-state index contributed by atoms with van der Waals surface area (Å²) < 4.78 is 0.836. The Morgan fingerprint density at radius 3 is 2.75 bits per heavy atom. The molecule has 0 aromatic heterocycles. The first-order valence-electron chi connectivity index (χ1n) is 6.69. The molecule has 1 aliphatic carbocycles. The van der Waals surface area contributed by atoms with Gasteiger partial charge in [-0.05, 0) is 37.5 Å². The lowest BCUT2D eigenvalue weighted by atomic mass is 10.1. The van der Waals surface area contributed by atoms with Crippen molar-refractivity contribution in [3.05, 3.63) is 28.2 Å². The standard InChI is InChI=1S/C14H18BrN3O2/c15-9-3-6-11(12(16)8-9)14(20)17-7-1-2-13(19)18-10-4-5-10/h3,6,8,10H,1-2,4-5,7,16H2,(H,17,20)(H,18,19). The maximum atomic E-state index is 11.9. The highest BCUT2D eigenvalue weighted by molar-refractivity contribution is 9.10. The molecule has 0 spiro atoms. The van der Waals surface area contributed by atoms with E-state index < -0.39 is 0 Å². The number of hydrogen-bond donors (Lipinski definition) is 3. The molecular weight excluding hydrogens is 322 g/mol. The summed E-state index contributed by atoms with van der Waals surface area (Å²) in [7, 11) is 0. The van der Waals surface area contributed by atoms with Crippen LogP contribution in [-0.4, -0.2) is 24.4 Å². The van der Waals surface area contributed by atoms with E-state index in [0.717, 1.165) is 17.3 Å². The number of nitrogen functional groups attached to an aromatic ring is 1. The highest BCUT2D eigenvalue weighted by Gasteiger charge is 2.22. The van der Waals surface area contributed by atoms with E-state index in [1.165, 1.54) is 0 Å². The number of amides is 2. The molecule has 0 saturated heterocycles. The smallest absolute Gasteiger partial charge is 0.253 e. The zero-order chi connectivity index (χ0) is 14.5. The van der Waals surface area contributed by atoms with E-state index in [-0.39, 0.29) is 11.8 Å². The third kappa shape index (κ3) is 4.52. The van der Waals surface area contributed by atoms with Gasteiger partial charge in [0.05, 0.1) is 5.56 Å². The first kappa shape index (κ1) is 14.8. The van der Waals surface area contributed by atoms with Crippen molar-refractivity contribution in [3.8, 4) is 0 Å². The first-order valence-corrected chi connectivity index (χ1v) is 7.48. The first-order chi connectivity index (χ1) is 9.56. The third-order valence-electron chi connectivity index (χ3n) is 3.07. The number of carbonyl (C=O) groups excluding carboxylic acids is 2. The molecular formula is C14H18BrN3O2. The molecule has 108 valence electrons. The molecule has 2 amide bonds. The van der Waals surface area contributed by atoms with Crippen molar-refractivity contribution >= 4 is 33.4 Å². The highest BCUT2D eigenvalue weighted by atomic mass is 79.9. The summed E-state index contributed by atoms with van der Waals surface area (Å²) in [5, 5.41) is 5.68. The van der Waals surface area contributed by atoms with Crippen molar-refractivity contribution in [1.29, 1.82) is 0 Å². The number of carbonyl (C=O) groups is 2. The molecule has 1 aliphatic rings. The van der Waals surface area contributed by atoms with E-state index in [4.69, 9.17) is 5.73 Å². The summed E-state index contributed by atoms with van der Waals surface area (Å²) in [6, 6.07) is 5.53. The summed E-state index contributed by atoms with van der Waals surface area (Å²) >= 11 is 3.29. The van der Waals surface area contributed by atoms with Gasteiger partial charge in [-0.1, -0.05) is 15.9 Å². The van der Waals surface area contributed by atoms with Gasteiger partial charge in [-0.25, -0.2) is 0 Å². The summed E-state index contributed by atoms with van der Waals surface area (Å²) in [5.74, 6) is -0.150. The maximum absolute atomic E-state index is 11.9. The Hall–Kier alpha value is -1.56. The van der Waals surface area contributed by atoms with Gasteiger partial charge < -0.3 is 16.4 Å². The Morgan fingerprint density at radius 1 is 1.35 bits per heavy atom. The molecule has 0 atom stereocenters. The van der Waals surface area contributed by atoms with Gasteiger partial charge in [-0.2, -0.15) is 0 Å². The average Bonchev–Trinajstić information content (AvgIpc) is 3.18. The van der Waals surface area contributed by atoms with Gasteiger partial charge in [-0.3, -0.25) is 9.59 Å². The minimum absolute atomic E-state index is 0.0601. The van der Waals surface area contributed by atoms with E-state index in [1.54, 1.807) is 18.2 Å². The summed E-state index contributed by atoms with van der Waals surface area (Å²) in [6.07, 6.45) is 3.24. The van der Waals surface area contributed by atoms with Gasteiger partial charge in [0.1, 0.15) is 0 Å². The Bertz CT molecular complexity index is 515. The lowest BCUT2D eigenvalue weighted by molar-refractivity contribution is -0.121. The number of rotatable bonds is 6. The van der Waals surface area contributed by atoms with Gasteiger partial charge in [0, 0.05) is 29.2 Å². The third-order valence-corrected chi connectivity index (χ3v) is 3.56. The predicted molar refractivity (Wildman–Crippen MR) is 81.3 cm³/mol. The van der Waals surface area contributed by atoms with Crippen LogP contribution in [0.5, 0.6) is 0 Å². The van der Waals surface area contributed by atoms with E-state index >= 15 is 0 Å². The molecule has 0 aliphatic heterocycles. The lowest BCUT2D eigenvalue weighted by Gasteiger charge is -2.08. The minimum atomic E-state index is -0.211. The van der Waals surface area contributed by atoms with Crippen LogP contribution in [0.25, 0.3) is 0 Å². The molecule has 1 saturated carbocycles. The predicted octanol–water partition coefficient (Wildman–Crippen LogP) is 1.82. The second-order valence-corrected chi connectivity index (χ2v) is 5.85. The van der Waals surface area contributed by atoms with Crippen LogP contribution in [0.2, 0.25) is 0 Å². The molecule has 2 rings (SSSR count). The molecule has 5 nitrogen and oxygen atoms in total. The number of nitrogens with two attached hydrogens (primary N) is 1. The van der Waals surface area contributed by atoms with Crippen molar-refractivity contribution in [3.63, 3.8) is 0 Å². The van der Waals surface area contributed by atoms with E-state index in [9.17, 15) is 9.59 Å². The number of benzene rings is 1. The van der Waals surface area contributed by atoms with E-state index in [1.807, 2.05) is 0 Å². The molecule has 0 bridgehead atoms. The SMILES string of the molecule is Nc1cc(Br)ccc1C(=O)NCCCC(=O)NC1CC1. The Morgan fingerprint density at radius 2 is 2.10 bits per heavy atom. The van der Waals surface area contributed by atoms with Crippen LogP contribution in [0.1, 0.15) is 36.0 Å². The van der Waals surface area contributed by atoms with Crippen LogP contribution in [0.15, 0.2) is 22.7 Å². The number of nitrogens with one attached hydrogen (secondary N) is 2. The fourth-order valence-corrected chi connectivity index (χ4v) is 2.19. The molecule has 0 unspecified atom stereocenters. The fraction of sp³-hybridized carbons (Fsp3) is 0.429. The number of halogens is 1. The second kappa shape index (κ2) is 6.74. The van der Waals surface area contributed by atoms with Crippen molar-refractivity contribution < 1.29 is 9.59 Å². The zero-order valence-electron chi connectivity index (χ0n) is 11.1. The van der Waals surface area contributed by atoms with Gasteiger partial charge in [-0.15, -0.1) is 0 Å². The largest absolute Gasteiger partial charge is 0.398 e. The summed E-state index contributed by atoms with van der Waals surface area (Å²) in [5.41, 5.74) is 6.67. The molecule has 0 radical (unpaired) electrons. The van der Waals surface area contributed by atoms with Crippen LogP contribution < -0.4 is 16.4 Å². The van der Waals surface area contributed by atoms with E-state index in [2.05, 4.69) is 26.6 Å². The molecule has 6 heteroatoms. The second-order valence-electron chi connectivity index (χ2n) is 4.93. The molecule has 4 N–H and O–H groups in total. The van der Waals surface area contributed by atoms with Crippen molar-refractivity contribution in [2.45, 2.75) is 31.7 Å². The van der Waals surface area contributed by atoms with Gasteiger partial charge in [0.15, 0.2) is 0 Å². The van der Waals surface area contributed by atoms with Crippen LogP contribution in [-0.2, 0) is 4.79 Å². The number of anilines is 1. The van der Waals surface area contributed by atoms with E-state index in [0.29, 0.717) is 36.7 Å². The summed E-state index contributed by atoms with van der Waals surface area (Å²) in [4.78, 5) is 23.4. The van der Waals surface area contributed by atoms with Crippen molar-refractivity contribution in [2.75, 3.05) is 12.3 Å².